The molecule has 0 unspecified atom stereocenters. The van der Waals surface area contributed by atoms with Crippen molar-refractivity contribution in [1.82, 2.24) is 0 Å². The summed E-state index contributed by atoms with van der Waals surface area (Å²) in [5.74, 6) is -1.25. The monoisotopic (exact) mass is 289 g/mol. The standard InChI is InChI=1S/C10H6BrF2NO2/c11-8-2-1-5(10(12)13)6(3-9(15)16)7(8)4-14/h1-2,10H,3H2,(H,15,16). The summed E-state index contributed by atoms with van der Waals surface area (Å²) in [6, 6.07) is 4.15. The molecule has 0 aromatic heterocycles. The second-order valence-electron chi connectivity index (χ2n) is 2.97. The summed E-state index contributed by atoms with van der Waals surface area (Å²) in [6.07, 6.45) is -3.39. The van der Waals surface area contributed by atoms with Gasteiger partial charge in [-0.2, -0.15) is 5.26 Å². The van der Waals surface area contributed by atoms with Crippen molar-refractivity contribution < 1.29 is 18.7 Å². The van der Waals surface area contributed by atoms with E-state index in [0.717, 1.165) is 6.07 Å². The van der Waals surface area contributed by atoms with Gasteiger partial charge in [0, 0.05) is 10.0 Å². The highest BCUT2D eigenvalue weighted by Gasteiger charge is 2.20. The van der Waals surface area contributed by atoms with E-state index in [1.165, 1.54) is 6.07 Å². The van der Waals surface area contributed by atoms with Crippen molar-refractivity contribution in [3.63, 3.8) is 0 Å². The molecule has 1 N–H and O–H groups in total. The molecule has 0 aliphatic carbocycles. The molecule has 6 heteroatoms. The van der Waals surface area contributed by atoms with E-state index in [9.17, 15) is 13.6 Å². The summed E-state index contributed by atoms with van der Waals surface area (Å²) >= 11 is 3.02. The number of halogens is 3. The number of hydrogen-bond acceptors (Lipinski definition) is 2. The lowest BCUT2D eigenvalue weighted by Gasteiger charge is -2.10. The van der Waals surface area contributed by atoms with Gasteiger partial charge in [-0.15, -0.1) is 0 Å². The van der Waals surface area contributed by atoms with E-state index in [1.54, 1.807) is 6.07 Å². The van der Waals surface area contributed by atoms with Gasteiger partial charge in [-0.3, -0.25) is 4.79 Å². The van der Waals surface area contributed by atoms with Crippen LogP contribution < -0.4 is 0 Å². The molecule has 0 aliphatic heterocycles. The van der Waals surface area contributed by atoms with Crippen molar-refractivity contribution in [2.75, 3.05) is 0 Å². The van der Waals surface area contributed by atoms with E-state index in [4.69, 9.17) is 10.4 Å². The molecule has 1 aromatic rings. The second-order valence-corrected chi connectivity index (χ2v) is 3.83. The fraction of sp³-hybridized carbons (Fsp3) is 0.200. The first-order chi connectivity index (χ1) is 7.47. The van der Waals surface area contributed by atoms with Crippen LogP contribution >= 0.6 is 15.9 Å². The predicted octanol–water partition coefficient (Wildman–Crippen LogP) is 2.89. The van der Waals surface area contributed by atoms with E-state index < -0.39 is 24.4 Å². The number of nitriles is 1. The van der Waals surface area contributed by atoms with Gasteiger partial charge in [-0.25, -0.2) is 8.78 Å². The lowest BCUT2D eigenvalue weighted by molar-refractivity contribution is -0.136. The zero-order valence-electron chi connectivity index (χ0n) is 7.88. The van der Waals surface area contributed by atoms with E-state index in [1.807, 2.05) is 0 Å². The van der Waals surface area contributed by atoms with Crippen LogP contribution in [0.3, 0.4) is 0 Å². The summed E-state index contributed by atoms with van der Waals surface area (Å²) in [5, 5.41) is 17.4. The molecular weight excluding hydrogens is 284 g/mol. The third-order valence-electron chi connectivity index (χ3n) is 1.97. The van der Waals surface area contributed by atoms with Crippen LogP contribution in [0, 0.1) is 11.3 Å². The smallest absolute Gasteiger partial charge is 0.307 e. The van der Waals surface area contributed by atoms with Gasteiger partial charge in [-0.1, -0.05) is 6.07 Å². The van der Waals surface area contributed by atoms with Gasteiger partial charge in [0.15, 0.2) is 0 Å². The summed E-state index contributed by atoms with van der Waals surface area (Å²) in [7, 11) is 0. The number of carboxylic acids is 1. The molecule has 0 bridgehead atoms. The van der Waals surface area contributed by atoms with Crippen LogP contribution in [-0.2, 0) is 11.2 Å². The Morgan fingerprint density at radius 1 is 1.56 bits per heavy atom. The fourth-order valence-corrected chi connectivity index (χ4v) is 1.76. The van der Waals surface area contributed by atoms with Crippen LogP contribution in [0.4, 0.5) is 8.78 Å². The van der Waals surface area contributed by atoms with Crippen LogP contribution in [-0.4, -0.2) is 11.1 Å². The normalized spacial score (nSPS) is 10.2. The zero-order chi connectivity index (χ0) is 12.3. The summed E-state index contributed by atoms with van der Waals surface area (Å²) in [6.45, 7) is 0. The minimum Gasteiger partial charge on any atom is -0.481 e. The number of carboxylic acid groups (broad SMARTS) is 1. The van der Waals surface area contributed by atoms with Gasteiger partial charge in [0.2, 0.25) is 0 Å². The Kier molecular flexibility index (Phi) is 3.96. The second kappa shape index (κ2) is 5.03. The average molecular weight is 290 g/mol. The zero-order valence-corrected chi connectivity index (χ0v) is 9.46. The Morgan fingerprint density at radius 3 is 2.62 bits per heavy atom. The third kappa shape index (κ3) is 2.55. The van der Waals surface area contributed by atoms with Crippen LogP contribution in [0.1, 0.15) is 23.1 Å². The van der Waals surface area contributed by atoms with E-state index in [-0.39, 0.29) is 11.1 Å². The Hall–Kier alpha value is -1.48. The van der Waals surface area contributed by atoms with Crippen LogP contribution in [0.2, 0.25) is 0 Å². The number of benzene rings is 1. The summed E-state index contributed by atoms with van der Waals surface area (Å²) in [5.41, 5.74) is -0.610. The van der Waals surface area contributed by atoms with Gasteiger partial charge in [0.1, 0.15) is 6.07 Å². The Morgan fingerprint density at radius 2 is 2.19 bits per heavy atom. The molecule has 84 valence electrons. The van der Waals surface area contributed by atoms with Crippen molar-refractivity contribution in [3.05, 3.63) is 33.3 Å². The van der Waals surface area contributed by atoms with Crippen molar-refractivity contribution in [1.29, 1.82) is 5.26 Å². The molecule has 1 aromatic carbocycles. The van der Waals surface area contributed by atoms with E-state index in [2.05, 4.69) is 15.9 Å². The maximum atomic E-state index is 12.6. The molecule has 0 heterocycles. The molecule has 16 heavy (non-hydrogen) atoms. The van der Waals surface area contributed by atoms with Crippen molar-refractivity contribution in [2.45, 2.75) is 12.8 Å². The van der Waals surface area contributed by atoms with Crippen LogP contribution in [0.25, 0.3) is 0 Å². The van der Waals surface area contributed by atoms with Gasteiger partial charge in [-0.05, 0) is 27.6 Å². The molecule has 0 amide bonds. The SMILES string of the molecule is N#Cc1c(Br)ccc(C(F)F)c1CC(=O)O. The van der Waals surface area contributed by atoms with Crippen LogP contribution in [0.5, 0.6) is 0 Å². The van der Waals surface area contributed by atoms with Crippen LogP contribution in [0.15, 0.2) is 16.6 Å². The third-order valence-corrected chi connectivity index (χ3v) is 2.63. The predicted molar refractivity (Wildman–Crippen MR) is 55.2 cm³/mol. The van der Waals surface area contributed by atoms with Crippen molar-refractivity contribution >= 4 is 21.9 Å². The Labute approximate surface area is 98.4 Å². The number of aliphatic carboxylic acids is 1. The number of rotatable bonds is 3. The molecule has 3 nitrogen and oxygen atoms in total. The number of hydrogen-bond donors (Lipinski definition) is 1. The lowest BCUT2D eigenvalue weighted by Crippen LogP contribution is -2.07. The first-order valence-electron chi connectivity index (χ1n) is 4.18. The highest BCUT2D eigenvalue weighted by molar-refractivity contribution is 9.10. The molecule has 1 rings (SSSR count). The van der Waals surface area contributed by atoms with Gasteiger partial charge >= 0.3 is 5.97 Å². The fourth-order valence-electron chi connectivity index (χ4n) is 1.30. The maximum Gasteiger partial charge on any atom is 0.307 e. The number of carbonyl (C=O) groups is 1. The van der Waals surface area contributed by atoms with Gasteiger partial charge in [0.05, 0.1) is 12.0 Å². The van der Waals surface area contributed by atoms with Gasteiger partial charge in [0.25, 0.3) is 6.43 Å². The largest absolute Gasteiger partial charge is 0.481 e. The molecule has 0 fully saturated rings. The molecule has 0 radical (unpaired) electrons. The maximum absolute atomic E-state index is 12.6. The number of alkyl halides is 2. The van der Waals surface area contributed by atoms with Crippen molar-refractivity contribution in [3.8, 4) is 6.07 Å². The minimum atomic E-state index is -2.80. The van der Waals surface area contributed by atoms with E-state index in [0.29, 0.717) is 4.47 Å². The molecule has 0 spiro atoms. The quantitative estimate of drug-likeness (QED) is 0.931. The minimum absolute atomic E-state index is 0.0554. The van der Waals surface area contributed by atoms with Crippen molar-refractivity contribution in [2.24, 2.45) is 0 Å². The Balaban J connectivity index is 3.42. The molecule has 0 atom stereocenters. The summed E-state index contributed by atoms with van der Waals surface area (Å²) in [4.78, 5) is 10.6. The van der Waals surface area contributed by atoms with Gasteiger partial charge < -0.3 is 5.11 Å². The first kappa shape index (κ1) is 12.6. The highest BCUT2D eigenvalue weighted by atomic mass is 79.9. The first-order valence-corrected chi connectivity index (χ1v) is 4.98. The molecule has 0 saturated heterocycles. The number of nitrogens with zero attached hydrogens (tertiary/aromatic N) is 1. The lowest BCUT2D eigenvalue weighted by atomic mass is 9.99. The topological polar surface area (TPSA) is 61.1 Å². The molecule has 0 aliphatic rings. The Bertz CT molecular complexity index is 469. The average Bonchev–Trinajstić information content (AvgIpc) is 2.16. The van der Waals surface area contributed by atoms with E-state index >= 15 is 0 Å². The summed E-state index contributed by atoms with van der Waals surface area (Å²) < 4.78 is 25.5. The molecular formula is C10H6BrF2NO2. The highest BCUT2D eigenvalue weighted by Crippen LogP contribution is 2.30. The molecule has 0 saturated carbocycles.